The van der Waals surface area contributed by atoms with Gasteiger partial charge in [-0.3, -0.25) is 0 Å². The largest absolute Gasteiger partial charge is 0.394 e. The summed E-state index contributed by atoms with van der Waals surface area (Å²) in [5.41, 5.74) is -0.0565. The lowest BCUT2D eigenvalue weighted by Gasteiger charge is -2.62. The van der Waals surface area contributed by atoms with Crippen LogP contribution in [0.25, 0.3) is 0 Å². The number of fused-ring (bicyclic) bond motifs is 7. The van der Waals surface area contributed by atoms with Crippen molar-refractivity contribution >= 4 is 0 Å². The van der Waals surface area contributed by atoms with E-state index >= 15 is 0 Å². The van der Waals surface area contributed by atoms with Gasteiger partial charge in [-0.25, -0.2) is 0 Å². The summed E-state index contributed by atoms with van der Waals surface area (Å²) in [6, 6.07) is 0. The normalized spacial score (nSPS) is 58.2. The topological polar surface area (TPSA) is 355 Å². The molecule has 0 aromatic rings. The first-order valence-corrected chi connectivity index (χ1v) is 26.8. The van der Waals surface area contributed by atoms with Gasteiger partial charge in [-0.1, -0.05) is 27.7 Å². The lowest BCUT2D eigenvalue weighted by molar-refractivity contribution is -0.404. The highest BCUT2D eigenvalue weighted by Gasteiger charge is 2.70. The molecule has 6 saturated heterocycles. The molecule has 0 unspecified atom stereocenters. The maximum atomic E-state index is 12.0. The second-order valence-electron chi connectivity index (χ2n) is 24.0. The summed E-state index contributed by atoms with van der Waals surface area (Å²) in [5.74, 6) is 2.34. The van der Waals surface area contributed by atoms with Crippen LogP contribution in [0.3, 0.4) is 0 Å². The van der Waals surface area contributed by atoms with Crippen LogP contribution < -0.4 is 0 Å². The molecular weight excluding hydrogens is 969 g/mol. The highest BCUT2D eigenvalue weighted by molar-refractivity contribution is 5.16. The average Bonchev–Trinajstić information content (AvgIpc) is 3.82. The zero-order valence-electron chi connectivity index (χ0n) is 42.0. The van der Waals surface area contributed by atoms with Crippen LogP contribution in [0.1, 0.15) is 85.5 Å². The molecule has 0 aromatic carbocycles. The molecule has 4 saturated carbocycles. The molecule has 10 fully saturated rings. The zero-order chi connectivity index (χ0) is 52.2. The Hall–Kier alpha value is -0.920. The Labute approximate surface area is 424 Å². The predicted molar refractivity (Wildman–Crippen MR) is 244 cm³/mol. The van der Waals surface area contributed by atoms with E-state index < -0.39 is 161 Å². The van der Waals surface area contributed by atoms with E-state index in [9.17, 15) is 66.4 Å². The van der Waals surface area contributed by atoms with Gasteiger partial charge in [0.2, 0.25) is 0 Å². The first kappa shape index (κ1) is 55.4. The van der Waals surface area contributed by atoms with Crippen molar-refractivity contribution in [2.45, 2.75) is 226 Å². The summed E-state index contributed by atoms with van der Waals surface area (Å²) >= 11 is 0. The average molecular weight is 1050 g/mol. The highest BCUT2D eigenvalue weighted by atomic mass is 16.8. The van der Waals surface area contributed by atoms with Crippen LogP contribution in [-0.4, -0.2) is 240 Å². The Balaban J connectivity index is 0.824. The summed E-state index contributed by atoms with van der Waals surface area (Å²) in [5, 5.41) is 141. The molecule has 0 aromatic heterocycles. The van der Waals surface area contributed by atoms with Gasteiger partial charge in [-0.05, 0) is 97.7 Å². The standard InChI is InChI=1S/C50H82O23/c1-19-7-10-50(65-17-19)20(2)32-28(73-50)12-24-22-6-5-21-11-27(25(54)13-49(21,4)23(22)8-9-48(24,32)3)66-45-40(63)37(60)41(31(16-53)69-45)70-47-43(72-46-39(62)36(59)34(57)29(14-51)67-46)42(35(58)30(15-52)68-47)71-44-38(61)33(56)26(55)18-64-44/h19-47,51-63H,5-18H2,1-4H3/t19-,20-,21-,22+,23-,24-,25-,26-,27-,28-,29-,30-,31-,32-,33+,34-,35-,36+,37-,38-,39-,40-,41-,42+,43-,44+,45-,46+,47+,48+,49+,50-/m0/s1. The predicted octanol–water partition coefficient (Wildman–Crippen LogP) is -3.30. The molecule has 73 heavy (non-hydrogen) atoms. The Morgan fingerprint density at radius 3 is 1.85 bits per heavy atom. The molecule has 10 rings (SSSR count). The summed E-state index contributed by atoms with van der Waals surface area (Å²) in [7, 11) is 0. The van der Waals surface area contributed by atoms with Crippen molar-refractivity contribution in [3.8, 4) is 0 Å². The van der Waals surface area contributed by atoms with Gasteiger partial charge >= 0.3 is 0 Å². The van der Waals surface area contributed by atoms with Crippen molar-refractivity contribution in [2.24, 2.45) is 52.3 Å². The van der Waals surface area contributed by atoms with Gasteiger partial charge in [-0.2, -0.15) is 0 Å². The molecule has 0 bridgehead atoms. The fourth-order valence-corrected chi connectivity index (χ4v) is 15.9. The summed E-state index contributed by atoms with van der Waals surface area (Å²) < 4.78 is 61.1. The monoisotopic (exact) mass is 1050 g/mol. The van der Waals surface area contributed by atoms with Crippen molar-refractivity contribution in [3.63, 3.8) is 0 Å². The molecule has 10 aliphatic rings. The second-order valence-corrected chi connectivity index (χ2v) is 24.0. The fourth-order valence-electron chi connectivity index (χ4n) is 15.9. The number of aliphatic hydroxyl groups excluding tert-OH is 13. The third kappa shape index (κ3) is 9.49. The van der Waals surface area contributed by atoms with Crippen LogP contribution in [0.5, 0.6) is 0 Å². The van der Waals surface area contributed by atoms with E-state index in [1.165, 1.54) is 0 Å². The van der Waals surface area contributed by atoms with Gasteiger partial charge in [0.15, 0.2) is 30.9 Å². The molecule has 0 amide bonds. The van der Waals surface area contributed by atoms with E-state index in [0.717, 1.165) is 51.6 Å². The molecule has 6 aliphatic heterocycles. The maximum absolute atomic E-state index is 12.0. The molecule has 32 atom stereocenters. The van der Waals surface area contributed by atoms with E-state index in [1.807, 2.05) is 0 Å². The Morgan fingerprint density at radius 1 is 0.521 bits per heavy atom. The van der Waals surface area contributed by atoms with E-state index in [2.05, 4.69) is 27.7 Å². The summed E-state index contributed by atoms with van der Waals surface area (Å²) in [6.07, 6.45) is -27.2. The van der Waals surface area contributed by atoms with Crippen molar-refractivity contribution in [2.75, 3.05) is 33.0 Å². The van der Waals surface area contributed by atoms with Gasteiger partial charge < -0.3 is 114 Å². The van der Waals surface area contributed by atoms with Gasteiger partial charge in [0, 0.05) is 12.3 Å². The lowest BCUT2D eigenvalue weighted by atomic mass is 9.44. The first-order chi connectivity index (χ1) is 34.7. The van der Waals surface area contributed by atoms with Crippen LogP contribution in [0.15, 0.2) is 0 Å². The van der Waals surface area contributed by atoms with E-state index in [-0.39, 0.29) is 22.9 Å². The van der Waals surface area contributed by atoms with Gasteiger partial charge in [0.1, 0.15) is 91.6 Å². The number of hydrogen-bond acceptors (Lipinski definition) is 23. The number of ether oxygens (including phenoxy) is 10. The van der Waals surface area contributed by atoms with Crippen LogP contribution in [0.4, 0.5) is 0 Å². The van der Waals surface area contributed by atoms with Crippen LogP contribution in [0, 0.1) is 52.3 Å². The van der Waals surface area contributed by atoms with Crippen molar-refractivity contribution in [1.82, 2.24) is 0 Å². The molecule has 13 N–H and O–H groups in total. The maximum Gasteiger partial charge on any atom is 0.187 e. The van der Waals surface area contributed by atoms with E-state index in [0.29, 0.717) is 48.3 Å². The van der Waals surface area contributed by atoms with Crippen molar-refractivity contribution < 1.29 is 114 Å². The molecule has 1 spiro atoms. The molecule has 23 nitrogen and oxygen atoms in total. The lowest BCUT2D eigenvalue weighted by Crippen LogP contribution is -2.68. The first-order valence-electron chi connectivity index (χ1n) is 26.8. The molecule has 23 heteroatoms. The zero-order valence-corrected chi connectivity index (χ0v) is 42.0. The van der Waals surface area contributed by atoms with Crippen molar-refractivity contribution in [3.05, 3.63) is 0 Å². The minimum Gasteiger partial charge on any atom is -0.394 e. The third-order valence-corrected chi connectivity index (χ3v) is 20.0. The summed E-state index contributed by atoms with van der Waals surface area (Å²) in [4.78, 5) is 0. The number of rotatable bonds is 11. The Morgan fingerprint density at radius 2 is 1.15 bits per heavy atom. The smallest absolute Gasteiger partial charge is 0.187 e. The minimum atomic E-state index is -2.02. The highest BCUT2D eigenvalue weighted by Crippen LogP contribution is 2.71. The SMILES string of the molecule is C[C@H]1CC[C@]2(OC1)O[C@H]1C[C@H]3[C@@H]4CC[C@H]5C[C@H](O[C@H]6O[C@@H](CO)[C@H](O[C@H]7O[C@@H](CO)[C@H](O)[C@@H](O[C@H]8OC[C@H](O)[C@@H](O)[C@@H]8O)[C@@H]7O[C@H]7O[C@@H](CO)[C@H](O)[C@@H](O)[C@@H]7O)[C@@H](O)[C@@H]6O)[C@@H](O)C[C@@]5(C)[C@H]4CC[C@@]3(C)[C@H]1[C@@H]2C. The molecule has 0 radical (unpaired) electrons. The van der Waals surface area contributed by atoms with E-state index in [4.69, 9.17) is 47.4 Å². The Kier molecular flexibility index (Phi) is 16.1. The van der Waals surface area contributed by atoms with E-state index in [1.54, 1.807) is 0 Å². The fraction of sp³-hybridized carbons (Fsp3) is 1.00. The quantitative estimate of drug-likeness (QED) is 0.0902. The van der Waals surface area contributed by atoms with Crippen molar-refractivity contribution in [1.29, 1.82) is 0 Å². The Bertz CT molecular complexity index is 1860. The van der Waals surface area contributed by atoms with Crippen LogP contribution in [-0.2, 0) is 47.4 Å². The molecule has 420 valence electrons. The van der Waals surface area contributed by atoms with Crippen LogP contribution >= 0.6 is 0 Å². The summed E-state index contributed by atoms with van der Waals surface area (Å²) in [6.45, 7) is 7.02. The molecule has 6 heterocycles. The number of hydrogen-bond donors (Lipinski definition) is 13. The third-order valence-electron chi connectivity index (χ3n) is 20.0. The second kappa shape index (κ2) is 21.3. The van der Waals surface area contributed by atoms with Gasteiger partial charge in [-0.15, -0.1) is 0 Å². The molecule has 4 aliphatic carbocycles. The minimum absolute atomic E-state index is 0.130. The number of aliphatic hydroxyl groups is 13. The molecular formula is C50H82O23. The van der Waals surface area contributed by atoms with Gasteiger partial charge in [0.25, 0.3) is 0 Å². The van der Waals surface area contributed by atoms with Gasteiger partial charge in [0.05, 0.1) is 51.3 Å². The van der Waals surface area contributed by atoms with Crippen LogP contribution in [0.2, 0.25) is 0 Å².